The van der Waals surface area contributed by atoms with Gasteiger partial charge in [-0.15, -0.1) is 0 Å². The molecule has 2 atom stereocenters. The van der Waals surface area contributed by atoms with Crippen LogP contribution in [-0.2, 0) is 9.53 Å². The van der Waals surface area contributed by atoms with E-state index in [0.29, 0.717) is 19.1 Å². The summed E-state index contributed by atoms with van der Waals surface area (Å²) >= 11 is 0. The van der Waals surface area contributed by atoms with Crippen LogP contribution in [0.5, 0.6) is 0 Å². The van der Waals surface area contributed by atoms with Crippen molar-refractivity contribution in [2.24, 2.45) is 11.8 Å². The highest BCUT2D eigenvalue weighted by molar-refractivity contribution is 5.78. The van der Waals surface area contributed by atoms with Crippen molar-refractivity contribution < 1.29 is 14.6 Å². The molecular formula is C13H23NO3. The van der Waals surface area contributed by atoms with Gasteiger partial charge in [-0.05, 0) is 31.6 Å². The normalized spacial score (nSPS) is 27.9. The third kappa shape index (κ3) is 3.68. The van der Waals surface area contributed by atoms with E-state index in [1.165, 1.54) is 12.8 Å². The first kappa shape index (κ1) is 12.8. The van der Waals surface area contributed by atoms with Crippen LogP contribution in [0.3, 0.4) is 0 Å². The Morgan fingerprint density at radius 3 is 2.71 bits per heavy atom. The average molecular weight is 241 g/mol. The second kappa shape index (κ2) is 6.36. The Morgan fingerprint density at radius 1 is 1.29 bits per heavy atom. The lowest BCUT2D eigenvalue weighted by molar-refractivity contribution is -0.129. The number of rotatable bonds is 4. The van der Waals surface area contributed by atoms with Gasteiger partial charge in [0.2, 0.25) is 5.91 Å². The first-order chi connectivity index (χ1) is 8.27. The Labute approximate surface area is 103 Å². The summed E-state index contributed by atoms with van der Waals surface area (Å²) < 4.78 is 5.29. The number of amides is 1. The molecule has 98 valence electrons. The van der Waals surface area contributed by atoms with Gasteiger partial charge >= 0.3 is 0 Å². The van der Waals surface area contributed by atoms with Crippen LogP contribution in [-0.4, -0.2) is 36.9 Å². The number of ether oxygens (including phenoxy) is 1. The lowest BCUT2D eigenvalue weighted by Crippen LogP contribution is -2.41. The van der Waals surface area contributed by atoms with E-state index in [4.69, 9.17) is 4.74 Å². The van der Waals surface area contributed by atoms with Crippen LogP contribution in [0.15, 0.2) is 0 Å². The first-order valence-corrected chi connectivity index (χ1v) is 6.81. The fourth-order valence-electron chi connectivity index (χ4n) is 2.81. The lowest BCUT2D eigenvalue weighted by Gasteiger charge is -2.23. The molecule has 2 N–H and O–H groups in total. The summed E-state index contributed by atoms with van der Waals surface area (Å²) in [6.45, 7) is 1.71. The summed E-state index contributed by atoms with van der Waals surface area (Å²) in [7, 11) is 0. The third-order valence-corrected chi connectivity index (χ3v) is 3.96. The van der Waals surface area contributed by atoms with Crippen LogP contribution in [0, 0.1) is 11.8 Å². The fourth-order valence-corrected chi connectivity index (χ4v) is 2.81. The maximum absolute atomic E-state index is 11.8. The smallest absolute Gasteiger partial charge is 0.225 e. The molecule has 0 bridgehead atoms. The third-order valence-electron chi connectivity index (χ3n) is 3.96. The number of carbonyl (C=O) groups excluding carboxylic acids is 1. The van der Waals surface area contributed by atoms with E-state index in [2.05, 4.69) is 5.32 Å². The fraction of sp³-hybridized carbons (Fsp3) is 0.923. The van der Waals surface area contributed by atoms with Gasteiger partial charge in [-0.1, -0.05) is 12.8 Å². The van der Waals surface area contributed by atoms with Crippen LogP contribution in [0.2, 0.25) is 0 Å². The molecule has 0 radical (unpaired) electrons. The molecule has 0 aromatic heterocycles. The molecule has 2 unspecified atom stereocenters. The van der Waals surface area contributed by atoms with Gasteiger partial charge in [-0.25, -0.2) is 0 Å². The SMILES string of the molecule is O=C(NCC(O)C1CCCC1)C1CCCOC1. The van der Waals surface area contributed by atoms with Crippen LogP contribution >= 0.6 is 0 Å². The summed E-state index contributed by atoms with van der Waals surface area (Å²) in [5, 5.41) is 12.8. The van der Waals surface area contributed by atoms with Gasteiger partial charge in [0.1, 0.15) is 0 Å². The Morgan fingerprint density at radius 2 is 2.06 bits per heavy atom. The molecule has 17 heavy (non-hydrogen) atoms. The second-order valence-electron chi connectivity index (χ2n) is 5.27. The van der Waals surface area contributed by atoms with Crippen molar-refractivity contribution in [2.75, 3.05) is 19.8 Å². The van der Waals surface area contributed by atoms with Crippen LogP contribution in [0.1, 0.15) is 38.5 Å². The van der Waals surface area contributed by atoms with Crippen molar-refractivity contribution in [1.29, 1.82) is 0 Å². The molecule has 1 saturated heterocycles. The largest absolute Gasteiger partial charge is 0.391 e. The van der Waals surface area contributed by atoms with E-state index in [0.717, 1.165) is 32.3 Å². The minimum absolute atomic E-state index is 0.0143. The average Bonchev–Trinajstić information content (AvgIpc) is 2.90. The first-order valence-electron chi connectivity index (χ1n) is 6.81. The predicted molar refractivity (Wildman–Crippen MR) is 64.5 cm³/mol. The van der Waals surface area contributed by atoms with E-state index in [1.807, 2.05) is 0 Å². The molecule has 2 rings (SSSR count). The Bertz CT molecular complexity index is 245. The Kier molecular flexibility index (Phi) is 4.80. The summed E-state index contributed by atoms with van der Waals surface area (Å²) in [5.41, 5.74) is 0. The molecule has 0 aromatic rings. The number of carbonyl (C=O) groups is 1. The zero-order valence-corrected chi connectivity index (χ0v) is 10.4. The van der Waals surface area contributed by atoms with Crippen molar-refractivity contribution in [2.45, 2.75) is 44.6 Å². The molecule has 1 aliphatic carbocycles. The van der Waals surface area contributed by atoms with E-state index < -0.39 is 0 Å². The summed E-state index contributed by atoms with van der Waals surface area (Å²) in [4.78, 5) is 11.8. The van der Waals surface area contributed by atoms with Crippen molar-refractivity contribution in [3.05, 3.63) is 0 Å². The lowest BCUT2D eigenvalue weighted by atomic mass is 9.99. The Hall–Kier alpha value is -0.610. The van der Waals surface area contributed by atoms with Gasteiger partial charge in [-0.3, -0.25) is 4.79 Å². The maximum atomic E-state index is 11.8. The molecule has 1 saturated carbocycles. The Balaban J connectivity index is 1.67. The van der Waals surface area contributed by atoms with Gasteiger partial charge in [0.15, 0.2) is 0 Å². The molecule has 2 aliphatic rings. The van der Waals surface area contributed by atoms with E-state index in [9.17, 15) is 9.90 Å². The highest BCUT2D eigenvalue weighted by Gasteiger charge is 2.25. The zero-order valence-electron chi connectivity index (χ0n) is 10.4. The highest BCUT2D eigenvalue weighted by atomic mass is 16.5. The van der Waals surface area contributed by atoms with Gasteiger partial charge in [0.25, 0.3) is 0 Å². The number of nitrogens with one attached hydrogen (secondary N) is 1. The standard InChI is InChI=1S/C13H23NO3/c15-12(10-4-1-2-5-10)8-14-13(16)11-6-3-7-17-9-11/h10-12,15H,1-9H2,(H,14,16). The molecule has 4 heteroatoms. The van der Waals surface area contributed by atoms with Crippen LogP contribution in [0.25, 0.3) is 0 Å². The van der Waals surface area contributed by atoms with Crippen molar-refractivity contribution in [3.63, 3.8) is 0 Å². The molecule has 1 amide bonds. The molecular weight excluding hydrogens is 218 g/mol. The van der Waals surface area contributed by atoms with Crippen molar-refractivity contribution >= 4 is 5.91 Å². The van der Waals surface area contributed by atoms with Crippen molar-refractivity contribution in [3.8, 4) is 0 Å². The molecule has 1 heterocycles. The van der Waals surface area contributed by atoms with E-state index >= 15 is 0 Å². The minimum atomic E-state index is -0.369. The number of aliphatic hydroxyl groups excluding tert-OH is 1. The molecule has 4 nitrogen and oxygen atoms in total. The van der Waals surface area contributed by atoms with Crippen LogP contribution < -0.4 is 5.32 Å². The minimum Gasteiger partial charge on any atom is -0.391 e. The van der Waals surface area contributed by atoms with Gasteiger partial charge < -0.3 is 15.2 Å². The van der Waals surface area contributed by atoms with E-state index in [1.54, 1.807) is 0 Å². The summed E-state index contributed by atoms with van der Waals surface area (Å²) in [6.07, 6.45) is 6.13. The number of hydrogen-bond acceptors (Lipinski definition) is 3. The summed E-state index contributed by atoms with van der Waals surface area (Å²) in [5.74, 6) is 0.416. The predicted octanol–water partition coefficient (Wildman–Crippen LogP) is 1.08. The second-order valence-corrected chi connectivity index (χ2v) is 5.27. The molecule has 0 spiro atoms. The number of hydrogen-bond donors (Lipinski definition) is 2. The molecule has 0 aromatic carbocycles. The quantitative estimate of drug-likeness (QED) is 0.774. The topological polar surface area (TPSA) is 58.6 Å². The monoisotopic (exact) mass is 241 g/mol. The molecule has 2 fully saturated rings. The van der Waals surface area contributed by atoms with Crippen molar-refractivity contribution in [1.82, 2.24) is 5.32 Å². The van der Waals surface area contributed by atoms with Gasteiger partial charge in [0, 0.05) is 13.2 Å². The summed E-state index contributed by atoms with van der Waals surface area (Å²) in [6, 6.07) is 0. The van der Waals surface area contributed by atoms with Gasteiger partial charge in [0.05, 0.1) is 18.6 Å². The van der Waals surface area contributed by atoms with E-state index in [-0.39, 0.29) is 17.9 Å². The maximum Gasteiger partial charge on any atom is 0.225 e. The molecule has 1 aliphatic heterocycles. The van der Waals surface area contributed by atoms with Crippen LogP contribution in [0.4, 0.5) is 0 Å². The number of aliphatic hydroxyl groups is 1. The zero-order chi connectivity index (χ0) is 12.1. The van der Waals surface area contributed by atoms with Gasteiger partial charge in [-0.2, -0.15) is 0 Å². The highest BCUT2D eigenvalue weighted by Crippen LogP contribution is 2.27.